The van der Waals surface area contributed by atoms with Crippen molar-refractivity contribution in [3.05, 3.63) is 11.6 Å². The molecule has 1 saturated heterocycles. The summed E-state index contributed by atoms with van der Waals surface area (Å²) in [5.74, 6) is 5.83. The topological polar surface area (TPSA) is 111 Å². The highest BCUT2D eigenvalue weighted by Crippen LogP contribution is 2.25. The Hall–Kier alpha value is -1.20. The van der Waals surface area contributed by atoms with E-state index >= 15 is 0 Å². The van der Waals surface area contributed by atoms with Crippen LogP contribution in [0.4, 0.5) is 5.82 Å². The molecule has 1 aliphatic heterocycles. The van der Waals surface area contributed by atoms with Crippen molar-refractivity contribution in [1.82, 2.24) is 14.1 Å². The summed E-state index contributed by atoms with van der Waals surface area (Å²) in [6.45, 7) is 1.76. The van der Waals surface area contributed by atoms with Gasteiger partial charge in [-0.05, 0) is 18.8 Å². The number of hydrogen-bond donors (Lipinski definition) is 3. The van der Waals surface area contributed by atoms with Crippen molar-refractivity contribution in [3.63, 3.8) is 0 Å². The van der Waals surface area contributed by atoms with Crippen LogP contribution in [0.3, 0.4) is 0 Å². The van der Waals surface area contributed by atoms with Crippen LogP contribution in [0.2, 0.25) is 0 Å². The molecule has 21 heavy (non-hydrogen) atoms. The number of ether oxygens (including phenoxy) is 1. The van der Waals surface area contributed by atoms with E-state index < -0.39 is 10.0 Å². The van der Waals surface area contributed by atoms with Crippen LogP contribution in [0, 0.1) is 5.92 Å². The molecule has 116 valence electrons. The number of nitrogens with zero attached hydrogens (tertiary/aromatic N) is 2. The summed E-state index contributed by atoms with van der Waals surface area (Å²) in [7, 11) is -3.68. The second kappa shape index (κ2) is 5.89. The SMILES string of the molecule is NNc1nc2sccn2c1S(=O)(=O)NCC1CCOCC1. The third-order valence-corrected chi connectivity index (χ3v) is 5.71. The van der Waals surface area contributed by atoms with Crippen LogP contribution in [-0.2, 0) is 14.8 Å². The van der Waals surface area contributed by atoms with Gasteiger partial charge in [-0.25, -0.2) is 19.0 Å². The molecular weight excluding hydrogens is 314 g/mol. The van der Waals surface area contributed by atoms with Crippen LogP contribution in [0.25, 0.3) is 4.96 Å². The van der Waals surface area contributed by atoms with E-state index in [4.69, 9.17) is 10.6 Å². The largest absolute Gasteiger partial charge is 0.381 e. The Labute approximate surface area is 126 Å². The zero-order valence-corrected chi connectivity index (χ0v) is 12.9. The molecule has 2 aromatic rings. The summed E-state index contributed by atoms with van der Waals surface area (Å²) in [4.78, 5) is 4.74. The smallest absolute Gasteiger partial charge is 0.260 e. The summed E-state index contributed by atoms with van der Waals surface area (Å²) < 4.78 is 34.5. The zero-order valence-electron chi connectivity index (χ0n) is 11.3. The van der Waals surface area contributed by atoms with Crippen LogP contribution >= 0.6 is 11.3 Å². The summed E-state index contributed by atoms with van der Waals surface area (Å²) >= 11 is 1.35. The Bertz CT molecular complexity index is 717. The quantitative estimate of drug-likeness (QED) is 0.540. The molecule has 0 unspecified atom stereocenters. The number of anilines is 1. The lowest BCUT2D eigenvalue weighted by Crippen LogP contribution is -2.33. The molecule has 1 fully saturated rings. The van der Waals surface area contributed by atoms with E-state index in [9.17, 15) is 8.42 Å². The molecule has 1 aliphatic rings. The fourth-order valence-electron chi connectivity index (χ4n) is 2.36. The molecule has 3 heterocycles. The summed E-state index contributed by atoms with van der Waals surface area (Å²) in [6, 6.07) is 0. The minimum absolute atomic E-state index is 0.0494. The highest BCUT2D eigenvalue weighted by atomic mass is 32.2. The minimum Gasteiger partial charge on any atom is -0.381 e. The average Bonchev–Trinajstić information content (AvgIpc) is 3.06. The van der Waals surface area contributed by atoms with Gasteiger partial charge in [0.05, 0.1) is 0 Å². The monoisotopic (exact) mass is 331 g/mol. The lowest BCUT2D eigenvalue weighted by molar-refractivity contribution is 0.0678. The molecule has 0 bridgehead atoms. The number of sulfonamides is 1. The Morgan fingerprint density at radius 3 is 2.95 bits per heavy atom. The Morgan fingerprint density at radius 2 is 2.24 bits per heavy atom. The molecule has 2 aromatic heterocycles. The third-order valence-electron chi connectivity index (χ3n) is 3.51. The molecule has 0 aromatic carbocycles. The fraction of sp³-hybridized carbons (Fsp3) is 0.545. The second-order valence-corrected chi connectivity index (χ2v) is 7.43. The predicted octanol–water partition coefficient (Wildman–Crippen LogP) is 0.386. The van der Waals surface area contributed by atoms with Crippen LogP contribution < -0.4 is 16.0 Å². The van der Waals surface area contributed by atoms with Crippen molar-refractivity contribution >= 4 is 32.1 Å². The van der Waals surface area contributed by atoms with Gasteiger partial charge in [0.15, 0.2) is 10.8 Å². The van der Waals surface area contributed by atoms with Crippen molar-refractivity contribution < 1.29 is 13.2 Å². The van der Waals surface area contributed by atoms with Gasteiger partial charge in [0, 0.05) is 31.3 Å². The lowest BCUT2D eigenvalue weighted by Gasteiger charge is -2.22. The first-order valence-corrected chi connectivity index (χ1v) is 8.97. The highest BCUT2D eigenvalue weighted by Gasteiger charge is 2.26. The summed E-state index contributed by atoms with van der Waals surface area (Å²) in [5, 5.41) is 1.83. The van der Waals surface area contributed by atoms with E-state index in [0.717, 1.165) is 12.8 Å². The van der Waals surface area contributed by atoms with Crippen molar-refractivity contribution in [2.24, 2.45) is 11.8 Å². The summed E-state index contributed by atoms with van der Waals surface area (Å²) in [6.07, 6.45) is 3.40. The van der Waals surface area contributed by atoms with Gasteiger partial charge in [0.2, 0.25) is 5.03 Å². The standard InChI is InChI=1S/C11H17N5O3S2/c12-15-9-10(16-3-6-20-11(16)14-9)21(17,18)13-7-8-1-4-19-5-2-8/h3,6,8,13,15H,1-2,4-5,7,12H2. The average molecular weight is 331 g/mol. The van der Waals surface area contributed by atoms with Crippen molar-refractivity contribution in [2.45, 2.75) is 17.9 Å². The maximum atomic E-state index is 12.5. The maximum Gasteiger partial charge on any atom is 0.260 e. The highest BCUT2D eigenvalue weighted by molar-refractivity contribution is 7.89. The van der Waals surface area contributed by atoms with Gasteiger partial charge in [0.1, 0.15) is 0 Å². The molecular formula is C11H17N5O3S2. The van der Waals surface area contributed by atoms with Crippen LogP contribution in [0.1, 0.15) is 12.8 Å². The number of hydrogen-bond acceptors (Lipinski definition) is 7. The number of rotatable bonds is 5. The van der Waals surface area contributed by atoms with Gasteiger partial charge in [-0.1, -0.05) is 0 Å². The second-order valence-electron chi connectivity index (χ2n) is 4.87. The molecule has 0 radical (unpaired) electrons. The van der Waals surface area contributed by atoms with Gasteiger partial charge in [-0.2, -0.15) is 4.98 Å². The van der Waals surface area contributed by atoms with Crippen LogP contribution in [0.5, 0.6) is 0 Å². The molecule has 4 N–H and O–H groups in total. The minimum atomic E-state index is -3.68. The van der Waals surface area contributed by atoms with Gasteiger partial charge in [-0.15, -0.1) is 11.3 Å². The first-order chi connectivity index (χ1) is 10.1. The van der Waals surface area contributed by atoms with Gasteiger partial charge in [-0.3, -0.25) is 4.40 Å². The maximum absolute atomic E-state index is 12.5. The zero-order chi connectivity index (χ0) is 14.9. The van der Waals surface area contributed by atoms with Gasteiger partial charge < -0.3 is 10.2 Å². The molecule has 8 nitrogen and oxygen atoms in total. The lowest BCUT2D eigenvalue weighted by atomic mass is 10.0. The van der Waals surface area contributed by atoms with Gasteiger partial charge in [0.25, 0.3) is 10.0 Å². The summed E-state index contributed by atoms with van der Waals surface area (Å²) in [5.41, 5.74) is 2.35. The van der Waals surface area contributed by atoms with Crippen molar-refractivity contribution in [2.75, 3.05) is 25.2 Å². The number of nitrogens with two attached hydrogens (primary N) is 1. The number of hydrazine groups is 1. The molecule has 10 heteroatoms. The van der Waals surface area contributed by atoms with Crippen LogP contribution in [0.15, 0.2) is 16.6 Å². The molecule has 0 aliphatic carbocycles. The predicted molar refractivity (Wildman–Crippen MR) is 79.6 cm³/mol. The van der Waals surface area contributed by atoms with Gasteiger partial charge >= 0.3 is 0 Å². The van der Waals surface area contributed by atoms with E-state index in [1.54, 1.807) is 11.6 Å². The molecule has 0 amide bonds. The van der Waals surface area contributed by atoms with Crippen LogP contribution in [-0.4, -0.2) is 37.6 Å². The number of fused-ring (bicyclic) bond motifs is 1. The molecule has 0 spiro atoms. The number of nitrogens with one attached hydrogen (secondary N) is 2. The number of imidazole rings is 1. The number of nitrogen functional groups attached to an aromatic ring is 1. The van der Waals surface area contributed by atoms with E-state index in [2.05, 4.69) is 15.1 Å². The Kier molecular flexibility index (Phi) is 4.13. The number of thiazole rings is 1. The third kappa shape index (κ3) is 2.90. The fourth-order valence-corrected chi connectivity index (χ4v) is 4.49. The normalized spacial score (nSPS) is 17.4. The Balaban J connectivity index is 1.83. The van der Waals surface area contributed by atoms with Crippen molar-refractivity contribution in [3.8, 4) is 0 Å². The molecule has 0 saturated carbocycles. The molecule has 3 rings (SSSR count). The van der Waals surface area contributed by atoms with E-state index in [0.29, 0.717) is 30.6 Å². The van der Waals surface area contributed by atoms with E-state index in [1.807, 2.05) is 0 Å². The Morgan fingerprint density at radius 1 is 1.48 bits per heavy atom. The van der Waals surface area contributed by atoms with E-state index in [-0.39, 0.29) is 10.8 Å². The van der Waals surface area contributed by atoms with E-state index in [1.165, 1.54) is 15.7 Å². The first kappa shape index (κ1) is 14.7. The first-order valence-electron chi connectivity index (χ1n) is 6.61. The van der Waals surface area contributed by atoms with Crippen molar-refractivity contribution in [1.29, 1.82) is 0 Å². The number of aromatic nitrogens is 2. The molecule has 0 atom stereocenters.